The third-order valence-corrected chi connectivity index (χ3v) is 4.85. The minimum absolute atomic E-state index is 0.00233. The van der Waals surface area contributed by atoms with Crippen LogP contribution in [0.5, 0.6) is 0 Å². The maximum atomic E-state index is 12.9. The van der Waals surface area contributed by atoms with Crippen LogP contribution >= 0.6 is 0 Å². The highest BCUT2D eigenvalue weighted by Gasteiger charge is 2.37. The lowest BCUT2D eigenvalue weighted by molar-refractivity contribution is -0.143. The molecule has 0 unspecified atom stereocenters. The zero-order valence-corrected chi connectivity index (χ0v) is 17.6. The topological polar surface area (TPSA) is 55.1 Å². The molecule has 0 spiro atoms. The van der Waals surface area contributed by atoms with E-state index in [-0.39, 0.29) is 24.8 Å². The first-order chi connectivity index (χ1) is 15.3. The molecule has 2 aromatic carbocycles. The highest BCUT2D eigenvalue weighted by Crippen LogP contribution is 2.37. The summed E-state index contributed by atoms with van der Waals surface area (Å²) in [7, 11) is 0. The predicted molar refractivity (Wildman–Crippen MR) is 109 cm³/mol. The Balaban J connectivity index is 1.66. The Labute approximate surface area is 185 Å². The number of carbonyl (C=O) groups excluding carboxylic acids is 1. The number of rotatable bonds is 6. The highest BCUT2D eigenvalue weighted by atomic mass is 19.4. The summed E-state index contributed by atoms with van der Waals surface area (Å²) in [5, 5.41) is 2.08. The third-order valence-electron chi connectivity index (χ3n) is 4.85. The SMILES string of the molecule is CC(C)c1ccc(-c2cnc(CCC(=O)Nc3cc(C(F)(F)F)cc(C(F)(F)F)c3)o2)cc1. The zero-order valence-electron chi connectivity index (χ0n) is 17.6. The average Bonchev–Trinajstić information content (AvgIpc) is 3.20. The van der Waals surface area contributed by atoms with Gasteiger partial charge in [-0.05, 0) is 29.7 Å². The molecule has 4 nitrogen and oxygen atoms in total. The molecule has 176 valence electrons. The quantitative estimate of drug-likeness (QED) is 0.392. The van der Waals surface area contributed by atoms with Gasteiger partial charge in [0.25, 0.3) is 0 Å². The van der Waals surface area contributed by atoms with Gasteiger partial charge in [0.1, 0.15) is 0 Å². The molecule has 0 aliphatic rings. The summed E-state index contributed by atoms with van der Waals surface area (Å²) in [5.41, 5.74) is -1.67. The summed E-state index contributed by atoms with van der Waals surface area (Å²) in [6.07, 6.45) is -8.74. The number of aryl methyl sites for hydroxylation is 1. The van der Waals surface area contributed by atoms with E-state index in [1.807, 2.05) is 24.3 Å². The van der Waals surface area contributed by atoms with Crippen molar-refractivity contribution in [3.8, 4) is 11.3 Å². The van der Waals surface area contributed by atoms with E-state index in [1.54, 1.807) is 0 Å². The van der Waals surface area contributed by atoms with Crippen LogP contribution in [-0.4, -0.2) is 10.9 Å². The fourth-order valence-electron chi connectivity index (χ4n) is 3.06. The molecule has 0 saturated carbocycles. The first-order valence-corrected chi connectivity index (χ1v) is 9.97. The van der Waals surface area contributed by atoms with E-state index in [1.165, 1.54) is 6.20 Å². The van der Waals surface area contributed by atoms with Gasteiger partial charge in [-0.2, -0.15) is 26.3 Å². The van der Waals surface area contributed by atoms with Gasteiger partial charge in [0.15, 0.2) is 11.7 Å². The molecule has 0 radical (unpaired) electrons. The molecule has 0 saturated heterocycles. The molecule has 3 aromatic rings. The number of oxazole rings is 1. The van der Waals surface area contributed by atoms with E-state index in [2.05, 4.69) is 24.1 Å². The molecule has 1 aromatic heterocycles. The Morgan fingerprint density at radius 1 is 0.970 bits per heavy atom. The van der Waals surface area contributed by atoms with Crippen LogP contribution in [0.4, 0.5) is 32.0 Å². The number of anilines is 1. The van der Waals surface area contributed by atoms with Crippen molar-refractivity contribution in [3.63, 3.8) is 0 Å². The first kappa shape index (κ1) is 24.3. The monoisotopic (exact) mass is 470 g/mol. The normalized spacial score (nSPS) is 12.3. The number of aromatic nitrogens is 1. The number of nitrogens with zero attached hydrogens (tertiary/aromatic N) is 1. The number of hydrogen-bond donors (Lipinski definition) is 1. The van der Waals surface area contributed by atoms with Crippen molar-refractivity contribution in [1.82, 2.24) is 4.98 Å². The molecule has 10 heteroatoms. The molecule has 1 heterocycles. The Morgan fingerprint density at radius 3 is 2.06 bits per heavy atom. The van der Waals surface area contributed by atoms with Crippen LogP contribution in [0.15, 0.2) is 53.1 Å². The Morgan fingerprint density at radius 2 is 1.55 bits per heavy atom. The Kier molecular flexibility index (Phi) is 6.85. The van der Waals surface area contributed by atoms with Crippen LogP contribution in [-0.2, 0) is 23.6 Å². The number of amides is 1. The van der Waals surface area contributed by atoms with Crippen LogP contribution in [0.1, 0.15) is 48.8 Å². The number of hydrogen-bond acceptors (Lipinski definition) is 3. The van der Waals surface area contributed by atoms with Gasteiger partial charge >= 0.3 is 12.4 Å². The second kappa shape index (κ2) is 9.29. The minimum Gasteiger partial charge on any atom is -0.441 e. The van der Waals surface area contributed by atoms with Crippen molar-refractivity contribution >= 4 is 11.6 Å². The highest BCUT2D eigenvalue weighted by molar-refractivity contribution is 5.91. The van der Waals surface area contributed by atoms with E-state index in [4.69, 9.17) is 4.42 Å². The zero-order chi connectivity index (χ0) is 24.4. The number of nitrogens with one attached hydrogen (secondary N) is 1. The van der Waals surface area contributed by atoms with E-state index in [0.717, 1.165) is 11.1 Å². The minimum atomic E-state index is -5.00. The summed E-state index contributed by atoms with van der Waals surface area (Å²) in [4.78, 5) is 16.2. The summed E-state index contributed by atoms with van der Waals surface area (Å²) in [6.45, 7) is 4.13. The molecule has 0 fully saturated rings. The van der Waals surface area contributed by atoms with E-state index < -0.39 is 35.1 Å². The smallest absolute Gasteiger partial charge is 0.416 e. The molecule has 1 N–H and O–H groups in total. The Bertz CT molecular complexity index is 1080. The predicted octanol–water partition coefficient (Wildman–Crippen LogP) is 7.07. The molecular formula is C23H20F6N2O2. The van der Waals surface area contributed by atoms with Gasteiger partial charge in [0.05, 0.1) is 17.3 Å². The summed E-state index contributed by atoms with van der Waals surface area (Å²) < 4.78 is 83.3. The maximum Gasteiger partial charge on any atom is 0.416 e. The molecule has 33 heavy (non-hydrogen) atoms. The summed E-state index contributed by atoms with van der Waals surface area (Å²) >= 11 is 0. The molecule has 3 rings (SSSR count). The van der Waals surface area contributed by atoms with Crippen molar-refractivity contribution in [2.75, 3.05) is 5.32 Å². The van der Waals surface area contributed by atoms with Crippen molar-refractivity contribution in [2.45, 2.75) is 45.0 Å². The van der Waals surface area contributed by atoms with Crippen LogP contribution in [0.2, 0.25) is 0 Å². The van der Waals surface area contributed by atoms with Crippen LogP contribution in [0, 0.1) is 0 Å². The molecule has 0 atom stereocenters. The van der Waals surface area contributed by atoms with Crippen LogP contribution < -0.4 is 5.32 Å². The lowest BCUT2D eigenvalue weighted by Gasteiger charge is -2.14. The fraction of sp³-hybridized carbons (Fsp3) is 0.304. The van der Waals surface area contributed by atoms with Gasteiger partial charge in [-0.3, -0.25) is 4.79 Å². The fourth-order valence-corrected chi connectivity index (χ4v) is 3.06. The van der Waals surface area contributed by atoms with Crippen molar-refractivity contribution < 1.29 is 35.6 Å². The third kappa shape index (κ3) is 6.36. The average molecular weight is 470 g/mol. The number of carbonyl (C=O) groups is 1. The van der Waals surface area contributed by atoms with Gasteiger partial charge < -0.3 is 9.73 Å². The van der Waals surface area contributed by atoms with Crippen molar-refractivity contribution in [2.24, 2.45) is 0 Å². The molecule has 0 aliphatic heterocycles. The second-order valence-electron chi connectivity index (χ2n) is 7.74. The molecule has 1 amide bonds. The van der Waals surface area contributed by atoms with Crippen LogP contribution in [0.25, 0.3) is 11.3 Å². The van der Waals surface area contributed by atoms with Gasteiger partial charge in [-0.25, -0.2) is 4.98 Å². The van der Waals surface area contributed by atoms with E-state index >= 15 is 0 Å². The Hall–Kier alpha value is -3.30. The number of alkyl halides is 6. The summed E-state index contributed by atoms with van der Waals surface area (Å²) in [6, 6.07) is 8.57. The molecular weight excluding hydrogens is 450 g/mol. The maximum absolute atomic E-state index is 12.9. The number of benzene rings is 2. The van der Waals surface area contributed by atoms with Gasteiger partial charge in [0, 0.05) is 24.1 Å². The van der Waals surface area contributed by atoms with Crippen molar-refractivity contribution in [3.05, 3.63) is 71.2 Å². The lowest BCUT2D eigenvalue weighted by atomic mass is 10.0. The lowest BCUT2D eigenvalue weighted by Crippen LogP contribution is -2.16. The summed E-state index contributed by atoms with van der Waals surface area (Å²) in [5.74, 6) is 0.289. The largest absolute Gasteiger partial charge is 0.441 e. The van der Waals surface area contributed by atoms with Gasteiger partial charge in [-0.15, -0.1) is 0 Å². The molecule has 0 aliphatic carbocycles. The van der Waals surface area contributed by atoms with Gasteiger partial charge in [-0.1, -0.05) is 38.1 Å². The van der Waals surface area contributed by atoms with Crippen LogP contribution in [0.3, 0.4) is 0 Å². The van der Waals surface area contributed by atoms with Gasteiger partial charge in [0.2, 0.25) is 5.91 Å². The van der Waals surface area contributed by atoms with E-state index in [0.29, 0.717) is 23.8 Å². The first-order valence-electron chi connectivity index (χ1n) is 9.97. The standard InChI is InChI=1S/C23H20F6N2O2/c1-13(2)14-3-5-15(6-4-14)19-12-30-21(33-19)8-7-20(32)31-18-10-16(22(24,25)26)9-17(11-18)23(27,28)29/h3-6,9-13H,7-8H2,1-2H3,(H,31,32). The number of halogens is 6. The van der Waals surface area contributed by atoms with E-state index in [9.17, 15) is 31.1 Å². The molecule has 0 bridgehead atoms. The van der Waals surface area contributed by atoms with Crippen molar-refractivity contribution in [1.29, 1.82) is 0 Å². The second-order valence-corrected chi connectivity index (χ2v) is 7.74.